The van der Waals surface area contributed by atoms with Gasteiger partial charge in [0.2, 0.25) is 5.88 Å². The van der Waals surface area contributed by atoms with E-state index in [2.05, 4.69) is 38.1 Å². The van der Waals surface area contributed by atoms with Gasteiger partial charge in [0, 0.05) is 19.1 Å². The molecule has 0 radical (unpaired) electrons. The Labute approximate surface area is 98.0 Å². The molecule has 0 aliphatic rings. The van der Waals surface area contributed by atoms with Gasteiger partial charge in [-0.3, -0.25) is 0 Å². The van der Waals surface area contributed by atoms with Crippen LogP contribution in [-0.2, 0) is 20.0 Å². The van der Waals surface area contributed by atoms with Gasteiger partial charge in [-0.2, -0.15) is 5.10 Å². The van der Waals surface area contributed by atoms with Crippen LogP contribution >= 0.6 is 0 Å². The summed E-state index contributed by atoms with van der Waals surface area (Å²) in [4.78, 5) is 0. The van der Waals surface area contributed by atoms with Gasteiger partial charge in [-0.15, -0.1) is 0 Å². The van der Waals surface area contributed by atoms with Crippen molar-refractivity contribution < 1.29 is 4.74 Å². The fourth-order valence-electron chi connectivity index (χ4n) is 1.68. The first-order valence-corrected chi connectivity index (χ1v) is 5.72. The average molecular weight is 225 g/mol. The molecule has 0 amide bonds. The summed E-state index contributed by atoms with van der Waals surface area (Å²) in [5.41, 5.74) is 2.38. The lowest BCUT2D eigenvalue weighted by Crippen LogP contribution is -2.35. The van der Waals surface area contributed by atoms with Crippen molar-refractivity contribution in [3.63, 3.8) is 0 Å². The van der Waals surface area contributed by atoms with Gasteiger partial charge in [0.05, 0.1) is 18.4 Å². The van der Waals surface area contributed by atoms with Gasteiger partial charge in [-0.05, 0) is 27.2 Å². The van der Waals surface area contributed by atoms with E-state index in [1.54, 1.807) is 11.8 Å². The molecule has 4 nitrogen and oxygen atoms in total. The maximum absolute atomic E-state index is 5.38. The zero-order valence-corrected chi connectivity index (χ0v) is 11.2. The molecule has 0 spiro atoms. The van der Waals surface area contributed by atoms with Crippen molar-refractivity contribution in [3.05, 3.63) is 11.3 Å². The second-order valence-electron chi connectivity index (χ2n) is 5.02. The monoisotopic (exact) mass is 225 g/mol. The van der Waals surface area contributed by atoms with E-state index in [9.17, 15) is 0 Å². The molecule has 0 bridgehead atoms. The summed E-state index contributed by atoms with van der Waals surface area (Å²) in [6.45, 7) is 9.37. The molecule has 92 valence electrons. The van der Waals surface area contributed by atoms with E-state index in [4.69, 9.17) is 4.74 Å². The second kappa shape index (κ2) is 4.87. The van der Waals surface area contributed by atoms with Gasteiger partial charge in [-0.1, -0.05) is 6.92 Å². The Balaban J connectivity index is 2.92. The first kappa shape index (κ1) is 13.0. The number of ether oxygens (including phenoxy) is 1. The van der Waals surface area contributed by atoms with Crippen LogP contribution in [0, 0.1) is 0 Å². The van der Waals surface area contributed by atoms with E-state index in [1.807, 2.05) is 7.05 Å². The largest absolute Gasteiger partial charge is 0.481 e. The van der Waals surface area contributed by atoms with E-state index in [1.165, 1.54) is 5.56 Å². The molecule has 0 aromatic carbocycles. The van der Waals surface area contributed by atoms with E-state index in [-0.39, 0.29) is 5.54 Å². The van der Waals surface area contributed by atoms with Crippen molar-refractivity contribution in [1.82, 2.24) is 15.1 Å². The molecule has 0 saturated heterocycles. The highest BCUT2D eigenvalue weighted by molar-refractivity contribution is 5.31. The minimum absolute atomic E-state index is 0.103. The molecule has 1 heterocycles. The van der Waals surface area contributed by atoms with E-state index in [0.29, 0.717) is 0 Å². The zero-order valence-electron chi connectivity index (χ0n) is 11.2. The van der Waals surface area contributed by atoms with Gasteiger partial charge in [-0.25, -0.2) is 4.68 Å². The highest BCUT2D eigenvalue weighted by atomic mass is 16.5. The summed E-state index contributed by atoms with van der Waals surface area (Å²) in [5.74, 6) is 0.855. The Morgan fingerprint density at radius 1 is 1.38 bits per heavy atom. The number of aromatic nitrogens is 2. The predicted octanol–water partition coefficient (Wildman–Crippen LogP) is 1.88. The molecule has 1 aromatic heterocycles. The predicted molar refractivity (Wildman–Crippen MR) is 65.7 cm³/mol. The molecule has 4 heteroatoms. The minimum Gasteiger partial charge on any atom is -0.481 e. The third-order valence-electron chi connectivity index (χ3n) is 2.49. The molecular formula is C12H23N3O. The summed E-state index contributed by atoms with van der Waals surface area (Å²) < 4.78 is 7.19. The van der Waals surface area contributed by atoms with Crippen LogP contribution in [0.4, 0.5) is 0 Å². The topological polar surface area (TPSA) is 39.1 Å². The molecule has 0 fully saturated rings. The molecule has 16 heavy (non-hydrogen) atoms. The van der Waals surface area contributed by atoms with Crippen LogP contribution in [0.2, 0.25) is 0 Å². The average Bonchev–Trinajstić information content (AvgIpc) is 2.49. The third-order valence-corrected chi connectivity index (χ3v) is 2.49. The highest BCUT2D eigenvalue weighted by Crippen LogP contribution is 2.22. The summed E-state index contributed by atoms with van der Waals surface area (Å²) >= 11 is 0. The number of nitrogens with one attached hydrogen (secondary N) is 1. The van der Waals surface area contributed by atoms with Crippen molar-refractivity contribution in [2.24, 2.45) is 7.05 Å². The lowest BCUT2D eigenvalue weighted by atomic mass is 10.1. The fourth-order valence-corrected chi connectivity index (χ4v) is 1.68. The normalized spacial score (nSPS) is 11.9. The lowest BCUT2D eigenvalue weighted by Gasteiger charge is -2.20. The van der Waals surface area contributed by atoms with Crippen molar-refractivity contribution >= 4 is 0 Å². The Bertz CT molecular complexity index is 350. The zero-order chi connectivity index (χ0) is 12.3. The summed E-state index contributed by atoms with van der Waals surface area (Å²) in [6.07, 6.45) is 0.929. The maximum Gasteiger partial charge on any atom is 0.216 e. The van der Waals surface area contributed by atoms with Gasteiger partial charge in [0.15, 0.2) is 0 Å². The van der Waals surface area contributed by atoms with E-state index < -0.39 is 0 Å². The van der Waals surface area contributed by atoms with E-state index in [0.717, 1.165) is 24.5 Å². The van der Waals surface area contributed by atoms with Crippen molar-refractivity contribution in [3.8, 4) is 5.88 Å². The van der Waals surface area contributed by atoms with E-state index >= 15 is 0 Å². The summed E-state index contributed by atoms with van der Waals surface area (Å²) in [7, 11) is 3.61. The minimum atomic E-state index is 0.103. The van der Waals surface area contributed by atoms with Crippen LogP contribution in [0.25, 0.3) is 0 Å². The number of rotatable bonds is 4. The summed E-state index contributed by atoms with van der Waals surface area (Å²) in [6, 6.07) is 0. The molecule has 0 atom stereocenters. The molecule has 1 rings (SSSR count). The Morgan fingerprint density at radius 3 is 2.44 bits per heavy atom. The standard InChI is InChI=1S/C12H23N3O/c1-7-10-9(8-13-12(2,3)4)11(16-6)15(5)14-10/h13H,7-8H2,1-6H3. The number of methoxy groups -OCH3 is 1. The quantitative estimate of drug-likeness (QED) is 0.850. The van der Waals surface area contributed by atoms with Crippen LogP contribution in [0.5, 0.6) is 5.88 Å². The van der Waals surface area contributed by atoms with Gasteiger partial charge in [0.1, 0.15) is 0 Å². The van der Waals surface area contributed by atoms with Crippen molar-refractivity contribution in [2.75, 3.05) is 7.11 Å². The summed E-state index contributed by atoms with van der Waals surface area (Å²) in [5, 5.41) is 7.92. The van der Waals surface area contributed by atoms with Crippen LogP contribution in [0.3, 0.4) is 0 Å². The van der Waals surface area contributed by atoms with Crippen LogP contribution in [-0.4, -0.2) is 22.4 Å². The lowest BCUT2D eigenvalue weighted by molar-refractivity contribution is 0.362. The Morgan fingerprint density at radius 2 is 2.00 bits per heavy atom. The molecule has 0 unspecified atom stereocenters. The van der Waals surface area contributed by atoms with Crippen LogP contribution < -0.4 is 10.1 Å². The van der Waals surface area contributed by atoms with Crippen molar-refractivity contribution in [1.29, 1.82) is 0 Å². The molecule has 0 aliphatic carbocycles. The number of hydrogen-bond donors (Lipinski definition) is 1. The van der Waals surface area contributed by atoms with Gasteiger partial charge in [0.25, 0.3) is 0 Å². The Kier molecular flexibility index (Phi) is 3.97. The van der Waals surface area contributed by atoms with Crippen LogP contribution in [0.1, 0.15) is 39.0 Å². The number of hydrogen-bond acceptors (Lipinski definition) is 3. The van der Waals surface area contributed by atoms with Gasteiger partial charge >= 0.3 is 0 Å². The third kappa shape index (κ3) is 2.98. The molecule has 0 saturated carbocycles. The SMILES string of the molecule is CCc1nn(C)c(OC)c1CNC(C)(C)C. The van der Waals surface area contributed by atoms with Gasteiger partial charge < -0.3 is 10.1 Å². The number of aryl methyl sites for hydroxylation is 2. The first-order valence-electron chi connectivity index (χ1n) is 5.72. The second-order valence-corrected chi connectivity index (χ2v) is 5.02. The highest BCUT2D eigenvalue weighted by Gasteiger charge is 2.17. The molecule has 0 aliphatic heterocycles. The first-order chi connectivity index (χ1) is 7.39. The maximum atomic E-state index is 5.38. The van der Waals surface area contributed by atoms with Crippen molar-refractivity contribution in [2.45, 2.75) is 46.2 Å². The molecule has 1 N–H and O–H groups in total. The Hall–Kier alpha value is -1.03. The van der Waals surface area contributed by atoms with Crippen LogP contribution in [0.15, 0.2) is 0 Å². The fraction of sp³-hybridized carbons (Fsp3) is 0.750. The number of nitrogens with zero attached hydrogens (tertiary/aromatic N) is 2. The smallest absolute Gasteiger partial charge is 0.216 e. The molecular weight excluding hydrogens is 202 g/mol. The molecule has 1 aromatic rings.